The lowest BCUT2D eigenvalue weighted by Crippen LogP contribution is -2.43. The van der Waals surface area contributed by atoms with Gasteiger partial charge in [-0.25, -0.2) is 0 Å². The van der Waals surface area contributed by atoms with Crippen LogP contribution < -0.4 is 5.32 Å². The first-order valence-electron chi connectivity index (χ1n) is 7.05. The molecule has 2 aliphatic rings. The van der Waals surface area contributed by atoms with Crippen LogP contribution in [0.15, 0.2) is 0 Å². The van der Waals surface area contributed by atoms with Crippen LogP contribution in [0.25, 0.3) is 0 Å². The smallest absolute Gasteiger partial charge is 0.0686 e. The second kappa shape index (κ2) is 5.73. The maximum Gasteiger partial charge on any atom is 0.0686 e. The van der Waals surface area contributed by atoms with Crippen LogP contribution in [0.5, 0.6) is 0 Å². The summed E-state index contributed by atoms with van der Waals surface area (Å²) < 4.78 is 0. The van der Waals surface area contributed by atoms with Gasteiger partial charge in [-0.15, -0.1) is 6.42 Å². The molecule has 0 aromatic heterocycles. The minimum atomic E-state index is 0.296. The number of rotatable bonds is 3. The number of hydrogen-bond acceptors (Lipinski definition) is 1. The summed E-state index contributed by atoms with van der Waals surface area (Å²) in [6.45, 7) is 2.17. The predicted molar refractivity (Wildman–Crippen MR) is 69.1 cm³/mol. The molecule has 4 unspecified atom stereocenters. The summed E-state index contributed by atoms with van der Waals surface area (Å²) in [7, 11) is 0. The molecule has 16 heavy (non-hydrogen) atoms. The Bertz CT molecular complexity index is 253. The van der Waals surface area contributed by atoms with E-state index < -0.39 is 0 Å². The van der Waals surface area contributed by atoms with Crippen LogP contribution in [0.1, 0.15) is 58.3 Å². The lowest BCUT2D eigenvalue weighted by molar-refractivity contribution is 0.141. The molecular formula is C15H25N. The Kier molecular flexibility index (Phi) is 4.29. The van der Waals surface area contributed by atoms with E-state index in [0.717, 1.165) is 18.3 Å². The number of fused-ring (bicyclic) bond motifs is 1. The van der Waals surface area contributed by atoms with Gasteiger partial charge in [0.1, 0.15) is 0 Å². The average molecular weight is 219 g/mol. The molecule has 1 heteroatoms. The fourth-order valence-electron chi connectivity index (χ4n) is 3.59. The third-order valence-corrected chi connectivity index (χ3v) is 4.59. The van der Waals surface area contributed by atoms with Crippen LogP contribution >= 0.6 is 0 Å². The third kappa shape index (κ3) is 2.80. The molecule has 0 saturated heterocycles. The molecule has 0 amide bonds. The van der Waals surface area contributed by atoms with E-state index in [2.05, 4.69) is 18.2 Å². The highest BCUT2D eigenvalue weighted by atomic mass is 14.9. The molecular weight excluding hydrogens is 194 g/mol. The van der Waals surface area contributed by atoms with Crippen molar-refractivity contribution >= 4 is 0 Å². The molecule has 1 nitrogen and oxygen atoms in total. The van der Waals surface area contributed by atoms with Gasteiger partial charge in [0.2, 0.25) is 0 Å². The van der Waals surface area contributed by atoms with Gasteiger partial charge in [0.25, 0.3) is 0 Å². The molecule has 0 aliphatic heterocycles. The topological polar surface area (TPSA) is 12.0 Å². The Morgan fingerprint density at radius 3 is 2.62 bits per heavy atom. The molecule has 90 valence electrons. The van der Waals surface area contributed by atoms with E-state index in [1.165, 1.54) is 44.9 Å². The van der Waals surface area contributed by atoms with Gasteiger partial charge in [-0.05, 0) is 37.5 Å². The Morgan fingerprint density at radius 2 is 1.94 bits per heavy atom. The normalized spacial score (nSPS) is 36.1. The van der Waals surface area contributed by atoms with Crippen molar-refractivity contribution in [1.29, 1.82) is 0 Å². The van der Waals surface area contributed by atoms with Crippen molar-refractivity contribution in [3.8, 4) is 12.3 Å². The summed E-state index contributed by atoms with van der Waals surface area (Å²) in [5.41, 5.74) is 0. The first-order chi connectivity index (χ1) is 7.83. The molecule has 1 N–H and O–H groups in total. The fraction of sp³-hybridized carbons (Fsp3) is 0.867. The van der Waals surface area contributed by atoms with E-state index in [9.17, 15) is 0 Å². The third-order valence-electron chi connectivity index (χ3n) is 4.59. The highest BCUT2D eigenvalue weighted by Crippen LogP contribution is 2.40. The summed E-state index contributed by atoms with van der Waals surface area (Å²) >= 11 is 0. The molecule has 2 saturated carbocycles. The maximum atomic E-state index is 5.52. The molecule has 0 aromatic carbocycles. The summed E-state index contributed by atoms with van der Waals surface area (Å²) in [6.07, 6.45) is 16.6. The van der Waals surface area contributed by atoms with E-state index in [-0.39, 0.29) is 0 Å². The van der Waals surface area contributed by atoms with Gasteiger partial charge in [0.05, 0.1) is 6.04 Å². The van der Waals surface area contributed by atoms with Gasteiger partial charge >= 0.3 is 0 Å². The Balaban J connectivity index is 1.83. The van der Waals surface area contributed by atoms with E-state index >= 15 is 0 Å². The van der Waals surface area contributed by atoms with E-state index in [0.29, 0.717) is 12.1 Å². The maximum absolute atomic E-state index is 5.52. The largest absolute Gasteiger partial charge is 0.301 e. The second-order valence-electron chi connectivity index (χ2n) is 5.61. The second-order valence-corrected chi connectivity index (χ2v) is 5.61. The molecule has 0 aromatic rings. The monoisotopic (exact) mass is 219 g/mol. The van der Waals surface area contributed by atoms with Crippen molar-refractivity contribution in [3.05, 3.63) is 0 Å². The Morgan fingerprint density at radius 1 is 1.19 bits per heavy atom. The summed E-state index contributed by atoms with van der Waals surface area (Å²) in [6, 6.07) is 0.991. The van der Waals surface area contributed by atoms with Crippen LogP contribution in [0.2, 0.25) is 0 Å². The molecule has 4 atom stereocenters. The first-order valence-corrected chi connectivity index (χ1v) is 7.05. The highest BCUT2D eigenvalue weighted by molar-refractivity contribution is 5.00. The van der Waals surface area contributed by atoms with Crippen molar-refractivity contribution in [2.45, 2.75) is 70.4 Å². The van der Waals surface area contributed by atoms with Crippen LogP contribution in [0, 0.1) is 24.2 Å². The molecule has 2 fully saturated rings. The number of nitrogens with one attached hydrogen (secondary N) is 1. The van der Waals surface area contributed by atoms with Crippen LogP contribution in [-0.4, -0.2) is 12.1 Å². The van der Waals surface area contributed by atoms with Crippen LogP contribution in [-0.2, 0) is 0 Å². The minimum absolute atomic E-state index is 0.296. The zero-order chi connectivity index (χ0) is 11.4. The molecule has 0 radical (unpaired) electrons. The standard InChI is InChI=1S/C15H25N/c1-3-14(4-2)16-15-10-9-12-7-5-6-8-13(12)11-15/h1,12-16H,4-11H2,2H3. The molecule has 0 spiro atoms. The summed E-state index contributed by atoms with van der Waals surface area (Å²) in [5, 5.41) is 3.65. The molecule has 0 heterocycles. The van der Waals surface area contributed by atoms with Gasteiger partial charge in [0.15, 0.2) is 0 Å². The van der Waals surface area contributed by atoms with Crippen LogP contribution in [0.4, 0.5) is 0 Å². The van der Waals surface area contributed by atoms with Gasteiger partial charge in [-0.3, -0.25) is 0 Å². The first kappa shape index (κ1) is 12.0. The van der Waals surface area contributed by atoms with Crippen molar-refractivity contribution in [1.82, 2.24) is 5.32 Å². The average Bonchev–Trinajstić information content (AvgIpc) is 2.35. The van der Waals surface area contributed by atoms with Crippen molar-refractivity contribution in [3.63, 3.8) is 0 Å². The molecule has 0 bridgehead atoms. The lowest BCUT2D eigenvalue weighted by atomic mass is 9.69. The van der Waals surface area contributed by atoms with Crippen LogP contribution in [0.3, 0.4) is 0 Å². The number of terminal acetylenes is 1. The van der Waals surface area contributed by atoms with Gasteiger partial charge in [-0.1, -0.05) is 38.5 Å². The summed E-state index contributed by atoms with van der Waals surface area (Å²) in [5.74, 6) is 4.90. The van der Waals surface area contributed by atoms with Gasteiger partial charge in [-0.2, -0.15) is 0 Å². The zero-order valence-corrected chi connectivity index (χ0v) is 10.5. The Labute approximate surface area is 100 Å². The lowest BCUT2D eigenvalue weighted by Gasteiger charge is -2.40. The number of hydrogen-bond donors (Lipinski definition) is 1. The highest BCUT2D eigenvalue weighted by Gasteiger charge is 2.32. The van der Waals surface area contributed by atoms with Gasteiger partial charge in [0, 0.05) is 6.04 Å². The zero-order valence-electron chi connectivity index (χ0n) is 10.5. The Hall–Kier alpha value is -0.480. The van der Waals surface area contributed by atoms with E-state index in [4.69, 9.17) is 6.42 Å². The van der Waals surface area contributed by atoms with Crippen molar-refractivity contribution in [2.24, 2.45) is 11.8 Å². The molecule has 2 aliphatic carbocycles. The van der Waals surface area contributed by atoms with E-state index in [1.54, 1.807) is 0 Å². The predicted octanol–water partition coefficient (Wildman–Crippen LogP) is 3.35. The van der Waals surface area contributed by atoms with E-state index in [1.807, 2.05) is 0 Å². The van der Waals surface area contributed by atoms with Crippen molar-refractivity contribution < 1.29 is 0 Å². The van der Waals surface area contributed by atoms with Gasteiger partial charge < -0.3 is 5.32 Å². The SMILES string of the molecule is C#CC(CC)NC1CCC2CCCCC2C1. The fourth-order valence-corrected chi connectivity index (χ4v) is 3.59. The minimum Gasteiger partial charge on any atom is -0.301 e. The summed E-state index contributed by atoms with van der Waals surface area (Å²) in [4.78, 5) is 0. The molecule has 2 rings (SSSR count). The van der Waals surface area contributed by atoms with Crippen molar-refractivity contribution in [2.75, 3.05) is 0 Å². The quantitative estimate of drug-likeness (QED) is 0.718.